The lowest BCUT2D eigenvalue weighted by Gasteiger charge is -2.18. The van der Waals surface area contributed by atoms with Gasteiger partial charge in [-0.1, -0.05) is 13.8 Å². The van der Waals surface area contributed by atoms with Crippen LogP contribution in [-0.4, -0.2) is 42.8 Å². The van der Waals surface area contributed by atoms with Crippen molar-refractivity contribution in [2.24, 2.45) is 17.4 Å². The van der Waals surface area contributed by atoms with E-state index in [9.17, 15) is 14.4 Å². The molecule has 1 atom stereocenters. The molecule has 0 aliphatic rings. The van der Waals surface area contributed by atoms with Gasteiger partial charge in [-0.25, -0.2) is 0 Å². The summed E-state index contributed by atoms with van der Waals surface area (Å²) in [6.45, 7) is 3.86. The number of hydrogen-bond acceptors (Lipinski definition) is 8. The van der Waals surface area contributed by atoms with Crippen molar-refractivity contribution >= 4 is 29.3 Å². The van der Waals surface area contributed by atoms with Crippen LogP contribution in [0.25, 0.3) is 5.69 Å². The second kappa shape index (κ2) is 9.07. The molecule has 162 valence electrons. The van der Waals surface area contributed by atoms with E-state index in [1.807, 2.05) is 13.8 Å². The fourth-order valence-electron chi connectivity index (χ4n) is 2.91. The molecule has 31 heavy (non-hydrogen) atoms. The Morgan fingerprint density at radius 2 is 1.77 bits per heavy atom. The van der Waals surface area contributed by atoms with E-state index < -0.39 is 23.4 Å². The molecule has 2 heterocycles. The number of primary amides is 2. The van der Waals surface area contributed by atoms with Crippen LogP contribution in [0, 0.1) is 5.92 Å². The average Bonchev–Trinajstić information content (AvgIpc) is 3.22. The monoisotopic (exact) mass is 425 g/mol. The van der Waals surface area contributed by atoms with E-state index in [-0.39, 0.29) is 23.2 Å². The van der Waals surface area contributed by atoms with Crippen LogP contribution in [0.3, 0.4) is 0 Å². The Labute approximate surface area is 177 Å². The third-order valence-electron chi connectivity index (χ3n) is 4.31. The van der Waals surface area contributed by atoms with E-state index in [0.717, 1.165) is 0 Å². The Bertz CT molecular complexity index is 1120. The summed E-state index contributed by atoms with van der Waals surface area (Å²) in [5, 5.41) is 13.8. The number of aromatic nitrogens is 5. The number of carbonyl (C=O) groups excluding carboxylic acids is 2. The molecule has 0 bridgehead atoms. The zero-order valence-electron chi connectivity index (χ0n) is 17.0. The van der Waals surface area contributed by atoms with Gasteiger partial charge in [-0.2, -0.15) is 20.0 Å². The van der Waals surface area contributed by atoms with Crippen LogP contribution in [-0.2, 0) is 4.79 Å². The van der Waals surface area contributed by atoms with Crippen molar-refractivity contribution in [3.05, 3.63) is 52.6 Å². The highest BCUT2D eigenvalue weighted by atomic mass is 16.2. The Morgan fingerprint density at radius 3 is 2.32 bits per heavy atom. The predicted octanol–water partition coefficient (Wildman–Crippen LogP) is 0.505. The maximum absolute atomic E-state index is 12.5. The molecule has 2 aromatic heterocycles. The second-order valence-corrected chi connectivity index (χ2v) is 7.22. The molecule has 1 aromatic carbocycles. The third-order valence-corrected chi connectivity index (χ3v) is 4.31. The van der Waals surface area contributed by atoms with E-state index in [1.54, 1.807) is 36.7 Å². The van der Waals surface area contributed by atoms with Gasteiger partial charge in [0.15, 0.2) is 5.82 Å². The van der Waals surface area contributed by atoms with Gasteiger partial charge in [-0.05, 0) is 36.6 Å². The number of nitrogens with one attached hydrogen (secondary N) is 3. The highest BCUT2D eigenvalue weighted by Gasteiger charge is 2.21. The summed E-state index contributed by atoms with van der Waals surface area (Å²) >= 11 is 0. The first kappa shape index (κ1) is 21.5. The average molecular weight is 425 g/mol. The molecule has 0 spiro atoms. The fraction of sp³-hybridized carbons (Fsp3) is 0.263. The predicted molar refractivity (Wildman–Crippen MR) is 114 cm³/mol. The Hall–Kier alpha value is -4.22. The summed E-state index contributed by atoms with van der Waals surface area (Å²) in [6.07, 6.45) is 3.54. The number of amides is 2. The largest absolute Gasteiger partial charge is 0.368 e. The standard InChI is InChI=1S/C19H23N9O3/c1-10(2)9-13(15(20)29)25-19-26-17(14(16(21)30)18(31)27-19)24-11-3-5-12(6-4-11)28-22-7-8-23-28/h3-8,10,13H,9H2,1-2H3,(H2,20,29)(H2,21,30)(H3,24,25,26,27,31)/t13-/m1/s1. The number of anilines is 3. The fourth-order valence-corrected chi connectivity index (χ4v) is 2.91. The number of rotatable bonds is 9. The van der Waals surface area contributed by atoms with Crippen LogP contribution < -0.4 is 27.7 Å². The van der Waals surface area contributed by atoms with Gasteiger partial charge in [0, 0.05) is 5.69 Å². The first-order valence-electron chi connectivity index (χ1n) is 9.48. The van der Waals surface area contributed by atoms with Crippen molar-refractivity contribution in [3.63, 3.8) is 0 Å². The van der Waals surface area contributed by atoms with Crippen molar-refractivity contribution in [1.29, 1.82) is 0 Å². The number of nitrogens with zero attached hydrogens (tertiary/aromatic N) is 4. The second-order valence-electron chi connectivity index (χ2n) is 7.22. The number of aromatic amines is 1. The molecule has 0 radical (unpaired) electrons. The number of nitrogens with two attached hydrogens (primary N) is 2. The van der Waals surface area contributed by atoms with Gasteiger partial charge in [-0.15, -0.1) is 0 Å². The maximum Gasteiger partial charge on any atom is 0.267 e. The molecule has 12 nitrogen and oxygen atoms in total. The van der Waals surface area contributed by atoms with Gasteiger partial charge >= 0.3 is 0 Å². The molecule has 3 aromatic rings. The van der Waals surface area contributed by atoms with Crippen LogP contribution >= 0.6 is 0 Å². The summed E-state index contributed by atoms with van der Waals surface area (Å²) < 4.78 is 0. The van der Waals surface area contributed by atoms with Crippen molar-refractivity contribution < 1.29 is 9.59 Å². The molecule has 3 rings (SSSR count). The first-order valence-corrected chi connectivity index (χ1v) is 9.48. The Balaban J connectivity index is 1.91. The SMILES string of the molecule is CC(C)C[C@@H](Nc1nc(Nc2ccc(-n3nccn3)cc2)c(C(N)=O)c(=O)[nH]1)C(N)=O. The van der Waals surface area contributed by atoms with Gasteiger partial charge in [-0.3, -0.25) is 19.4 Å². The molecule has 0 fully saturated rings. The lowest BCUT2D eigenvalue weighted by atomic mass is 10.0. The summed E-state index contributed by atoms with van der Waals surface area (Å²) in [5.41, 5.74) is 11.0. The van der Waals surface area contributed by atoms with Crippen molar-refractivity contribution in [1.82, 2.24) is 25.0 Å². The zero-order valence-corrected chi connectivity index (χ0v) is 17.0. The topological polar surface area (TPSA) is 187 Å². The van der Waals surface area contributed by atoms with Gasteiger partial charge in [0.2, 0.25) is 11.9 Å². The van der Waals surface area contributed by atoms with Crippen LogP contribution in [0.15, 0.2) is 41.5 Å². The van der Waals surface area contributed by atoms with Crippen molar-refractivity contribution in [2.75, 3.05) is 10.6 Å². The molecule has 0 unspecified atom stereocenters. The van der Waals surface area contributed by atoms with Crippen molar-refractivity contribution in [2.45, 2.75) is 26.3 Å². The van der Waals surface area contributed by atoms with Crippen LogP contribution in [0.4, 0.5) is 17.5 Å². The minimum Gasteiger partial charge on any atom is -0.368 e. The van der Waals surface area contributed by atoms with Crippen LogP contribution in [0.1, 0.15) is 30.6 Å². The lowest BCUT2D eigenvalue weighted by Crippen LogP contribution is -2.38. The quantitative estimate of drug-likeness (QED) is 0.328. The molecule has 7 N–H and O–H groups in total. The smallest absolute Gasteiger partial charge is 0.267 e. The van der Waals surface area contributed by atoms with Gasteiger partial charge in [0.1, 0.15) is 11.6 Å². The molecule has 12 heteroatoms. The summed E-state index contributed by atoms with van der Waals surface area (Å²) in [7, 11) is 0. The van der Waals surface area contributed by atoms with E-state index in [4.69, 9.17) is 11.5 Å². The molecule has 0 aliphatic heterocycles. The van der Waals surface area contributed by atoms with Gasteiger partial charge in [0.25, 0.3) is 11.5 Å². The lowest BCUT2D eigenvalue weighted by molar-refractivity contribution is -0.119. The van der Waals surface area contributed by atoms with Crippen LogP contribution in [0.5, 0.6) is 0 Å². The normalized spacial score (nSPS) is 11.8. The van der Waals surface area contributed by atoms with Gasteiger partial charge < -0.3 is 22.1 Å². The summed E-state index contributed by atoms with van der Waals surface area (Å²) in [6, 6.07) is 6.13. The summed E-state index contributed by atoms with van der Waals surface area (Å²) in [4.78, 5) is 44.1. The number of H-pyrrole nitrogens is 1. The minimum atomic E-state index is -0.950. The Kier molecular flexibility index (Phi) is 6.29. The van der Waals surface area contributed by atoms with E-state index in [0.29, 0.717) is 17.8 Å². The zero-order chi connectivity index (χ0) is 22.5. The molecule has 2 amide bonds. The number of carbonyl (C=O) groups is 2. The van der Waals surface area contributed by atoms with E-state index in [1.165, 1.54) is 4.80 Å². The molecule has 0 aliphatic carbocycles. The molecule has 0 saturated carbocycles. The first-order chi connectivity index (χ1) is 14.7. The maximum atomic E-state index is 12.5. The minimum absolute atomic E-state index is 0.0145. The van der Waals surface area contributed by atoms with Crippen LogP contribution in [0.2, 0.25) is 0 Å². The van der Waals surface area contributed by atoms with Gasteiger partial charge in [0.05, 0.1) is 18.1 Å². The summed E-state index contributed by atoms with van der Waals surface area (Å²) in [5.74, 6) is -1.45. The molecular formula is C19H23N9O3. The highest BCUT2D eigenvalue weighted by molar-refractivity contribution is 5.98. The molecular weight excluding hydrogens is 402 g/mol. The number of hydrogen-bond donors (Lipinski definition) is 5. The highest BCUT2D eigenvalue weighted by Crippen LogP contribution is 2.20. The van der Waals surface area contributed by atoms with E-state index in [2.05, 4.69) is 30.8 Å². The number of benzene rings is 1. The Morgan fingerprint density at radius 1 is 1.13 bits per heavy atom. The van der Waals surface area contributed by atoms with Crippen molar-refractivity contribution in [3.8, 4) is 5.69 Å². The molecule has 0 saturated heterocycles. The third kappa shape index (κ3) is 5.23. The van der Waals surface area contributed by atoms with E-state index >= 15 is 0 Å².